The lowest BCUT2D eigenvalue weighted by Crippen LogP contribution is -2.45. The number of nitrogens with one attached hydrogen (secondary N) is 1. The van der Waals surface area contributed by atoms with Crippen molar-refractivity contribution in [2.45, 2.75) is 33.2 Å². The fourth-order valence-corrected chi connectivity index (χ4v) is 2.67. The topological polar surface area (TPSA) is 31.4 Å². The third-order valence-corrected chi connectivity index (χ3v) is 3.79. The van der Waals surface area contributed by atoms with Crippen LogP contribution in [-0.4, -0.2) is 54.1 Å². The van der Waals surface area contributed by atoms with E-state index in [1.807, 2.05) is 6.20 Å². The Balaban J connectivity index is 1.81. The van der Waals surface area contributed by atoms with E-state index in [1.165, 1.54) is 44.7 Å². The highest BCUT2D eigenvalue weighted by Gasteiger charge is 2.16. The molecular weight excluding hydrogens is 248 g/mol. The number of pyridine rings is 1. The molecule has 2 heterocycles. The molecule has 2 rings (SSSR count). The largest absolute Gasteiger partial charge is 0.370 e. The van der Waals surface area contributed by atoms with Crippen LogP contribution in [0.5, 0.6) is 0 Å². The van der Waals surface area contributed by atoms with Crippen molar-refractivity contribution in [3.63, 3.8) is 0 Å². The third kappa shape index (κ3) is 4.76. The first-order valence-electron chi connectivity index (χ1n) is 7.95. The lowest BCUT2D eigenvalue weighted by Gasteiger charge is -2.34. The summed E-state index contributed by atoms with van der Waals surface area (Å²) in [5.41, 5.74) is 1.36. The maximum atomic E-state index is 4.37. The van der Waals surface area contributed by atoms with E-state index >= 15 is 0 Å². The number of aromatic nitrogens is 1. The number of hydrogen-bond donors (Lipinski definition) is 1. The molecule has 1 N–H and O–H groups in total. The van der Waals surface area contributed by atoms with Crippen LogP contribution in [0.4, 0.5) is 5.82 Å². The Bertz CT molecular complexity index is 386. The first kappa shape index (κ1) is 15.3. The fraction of sp³-hybridized carbons (Fsp3) is 0.688. The molecule has 20 heavy (non-hydrogen) atoms. The highest BCUT2D eigenvalue weighted by molar-refractivity contribution is 5.37. The molecule has 1 aromatic heterocycles. The predicted molar refractivity (Wildman–Crippen MR) is 85.0 cm³/mol. The van der Waals surface area contributed by atoms with Crippen molar-refractivity contribution in [2.24, 2.45) is 0 Å². The Morgan fingerprint density at radius 2 is 1.85 bits per heavy atom. The molecule has 1 fully saturated rings. The molecule has 4 nitrogen and oxygen atoms in total. The monoisotopic (exact) mass is 276 g/mol. The zero-order valence-corrected chi connectivity index (χ0v) is 12.9. The first-order chi connectivity index (χ1) is 9.81. The zero-order valence-electron chi connectivity index (χ0n) is 12.9. The van der Waals surface area contributed by atoms with E-state index < -0.39 is 0 Å². The van der Waals surface area contributed by atoms with Crippen molar-refractivity contribution in [1.82, 2.24) is 14.8 Å². The van der Waals surface area contributed by atoms with Crippen LogP contribution in [0.2, 0.25) is 0 Å². The van der Waals surface area contributed by atoms with Gasteiger partial charge in [0.15, 0.2) is 0 Å². The Kier molecular flexibility index (Phi) is 6.27. The summed E-state index contributed by atoms with van der Waals surface area (Å²) in [4.78, 5) is 9.48. The van der Waals surface area contributed by atoms with Crippen LogP contribution in [0, 0.1) is 0 Å². The first-order valence-corrected chi connectivity index (χ1v) is 7.95. The van der Waals surface area contributed by atoms with Crippen molar-refractivity contribution in [1.29, 1.82) is 0 Å². The van der Waals surface area contributed by atoms with Gasteiger partial charge in [0.1, 0.15) is 5.82 Å². The van der Waals surface area contributed by atoms with E-state index in [1.54, 1.807) is 0 Å². The van der Waals surface area contributed by atoms with Gasteiger partial charge in [0, 0.05) is 45.5 Å². The summed E-state index contributed by atoms with van der Waals surface area (Å²) < 4.78 is 0. The molecule has 0 atom stereocenters. The summed E-state index contributed by atoms with van der Waals surface area (Å²) >= 11 is 0. The second-order valence-electron chi connectivity index (χ2n) is 5.59. The molecule has 1 aliphatic heterocycles. The van der Waals surface area contributed by atoms with Gasteiger partial charge in [-0.05, 0) is 37.1 Å². The van der Waals surface area contributed by atoms with Crippen molar-refractivity contribution >= 4 is 5.82 Å². The summed E-state index contributed by atoms with van der Waals surface area (Å²) in [5.74, 6) is 1.01. The summed E-state index contributed by atoms with van der Waals surface area (Å²) in [6, 6.07) is 4.32. The van der Waals surface area contributed by atoms with Gasteiger partial charge in [-0.25, -0.2) is 4.98 Å². The van der Waals surface area contributed by atoms with Crippen LogP contribution in [0.15, 0.2) is 18.3 Å². The minimum atomic E-state index is 0.992. The van der Waals surface area contributed by atoms with Gasteiger partial charge < -0.3 is 10.2 Å². The average Bonchev–Trinajstić information content (AvgIpc) is 2.48. The summed E-state index contributed by atoms with van der Waals surface area (Å²) in [6.45, 7) is 12.5. The third-order valence-electron chi connectivity index (χ3n) is 3.79. The number of hydrogen-bond acceptors (Lipinski definition) is 4. The summed E-state index contributed by atoms with van der Waals surface area (Å²) in [6.07, 6.45) is 4.31. The quantitative estimate of drug-likeness (QED) is 0.829. The summed E-state index contributed by atoms with van der Waals surface area (Å²) in [5, 5.41) is 3.36. The van der Waals surface area contributed by atoms with E-state index in [-0.39, 0.29) is 0 Å². The molecule has 1 saturated heterocycles. The van der Waals surface area contributed by atoms with Crippen LogP contribution in [-0.2, 0) is 6.54 Å². The normalized spacial score (nSPS) is 17.3. The molecular formula is C16H28N4. The maximum Gasteiger partial charge on any atom is 0.126 e. The SMILES string of the molecule is CCCNc1cc(CN2CCN(CCC)CC2)ccn1. The van der Waals surface area contributed by atoms with Crippen molar-refractivity contribution in [2.75, 3.05) is 44.6 Å². The lowest BCUT2D eigenvalue weighted by molar-refractivity contribution is 0.127. The number of nitrogens with zero attached hydrogens (tertiary/aromatic N) is 3. The standard InChI is InChI=1S/C16H28N4/c1-3-6-17-16-13-15(5-7-18-16)14-20-11-9-19(8-4-2)10-12-20/h5,7,13H,3-4,6,8-12,14H2,1-2H3,(H,17,18). The molecule has 1 aromatic rings. The molecule has 0 radical (unpaired) electrons. The number of anilines is 1. The van der Waals surface area contributed by atoms with Crippen molar-refractivity contribution in [3.05, 3.63) is 23.9 Å². The van der Waals surface area contributed by atoms with Gasteiger partial charge in [0.25, 0.3) is 0 Å². The van der Waals surface area contributed by atoms with Crippen LogP contribution >= 0.6 is 0 Å². The Morgan fingerprint density at radius 3 is 2.55 bits per heavy atom. The molecule has 0 unspecified atom stereocenters. The molecule has 112 valence electrons. The summed E-state index contributed by atoms with van der Waals surface area (Å²) in [7, 11) is 0. The molecule has 0 saturated carbocycles. The van der Waals surface area contributed by atoms with Gasteiger partial charge in [-0.15, -0.1) is 0 Å². The van der Waals surface area contributed by atoms with Crippen LogP contribution in [0.3, 0.4) is 0 Å². The number of piperazine rings is 1. The van der Waals surface area contributed by atoms with E-state index in [9.17, 15) is 0 Å². The van der Waals surface area contributed by atoms with Crippen molar-refractivity contribution < 1.29 is 0 Å². The fourth-order valence-electron chi connectivity index (χ4n) is 2.67. The molecule has 0 aliphatic carbocycles. The van der Waals surface area contributed by atoms with Crippen LogP contribution < -0.4 is 5.32 Å². The molecule has 0 aromatic carbocycles. The van der Waals surface area contributed by atoms with Gasteiger partial charge in [-0.1, -0.05) is 13.8 Å². The Labute approximate surface area is 123 Å². The van der Waals surface area contributed by atoms with Gasteiger partial charge in [-0.3, -0.25) is 4.90 Å². The van der Waals surface area contributed by atoms with Gasteiger partial charge in [0.05, 0.1) is 0 Å². The Hall–Kier alpha value is -1.13. The molecule has 4 heteroatoms. The minimum absolute atomic E-state index is 0.992. The van der Waals surface area contributed by atoms with Gasteiger partial charge in [-0.2, -0.15) is 0 Å². The average molecular weight is 276 g/mol. The maximum absolute atomic E-state index is 4.37. The van der Waals surface area contributed by atoms with Gasteiger partial charge in [0.2, 0.25) is 0 Å². The smallest absolute Gasteiger partial charge is 0.126 e. The van der Waals surface area contributed by atoms with Crippen LogP contribution in [0.25, 0.3) is 0 Å². The lowest BCUT2D eigenvalue weighted by atomic mass is 10.2. The van der Waals surface area contributed by atoms with E-state index in [4.69, 9.17) is 0 Å². The second kappa shape index (κ2) is 8.22. The Morgan fingerprint density at radius 1 is 1.10 bits per heavy atom. The molecule has 0 amide bonds. The minimum Gasteiger partial charge on any atom is -0.370 e. The van der Waals surface area contributed by atoms with E-state index in [0.29, 0.717) is 0 Å². The van der Waals surface area contributed by atoms with Crippen molar-refractivity contribution in [3.8, 4) is 0 Å². The molecule has 0 bridgehead atoms. The second-order valence-corrected chi connectivity index (χ2v) is 5.59. The predicted octanol–water partition coefficient (Wildman–Crippen LogP) is 2.43. The van der Waals surface area contributed by atoms with Gasteiger partial charge >= 0.3 is 0 Å². The van der Waals surface area contributed by atoms with Crippen LogP contribution in [0.1, 0.15) is 32.3 Å². The highest BCUT2D eigenvalue weighted by Crippen LogP contribution is 2.12. The highest BCUT2D eigenvalue weighted by atomic mass is 15.3. The molecule has 1 aliphatic rings. The van der Waals surface area contributed by atoms with E-state index in [2.05, 4.69) is 46.1 Å². The van der Waals surface area contributed by atoms with E-state index in [0.717, 1.165) is 25.3 Å². The zero-order chi connectivity index (χ0) is 14.2. The molecule has 0 spiro atoms. The number of rotatable bonds is 7.